The molecule has 1 heterocycles. The Hall–Kier alpha value is -2.53. The predicted molar refractivity (Wildman–Crippen MR) is 131 cm³/mol. The summed E-state index contributed by atoms with van der Waals surface area (Å²) in [6, 6.07) is 13.2. The molecule has 7 nitrogen and oxygen atoms in total. The Balaban J connectivity index is 1.61. The van der Waals surface area contributed by atoms with Gasteiger partial charge in [0.25, 0.3) is 0 Å². The second-order valence-corrected chi connectivity index (χ2v) is 8.75. The number of nitrogens with zero attached hydrogens (tertiary/aromatic N) is 3. The number of rotatable bonds is 10. The third-order valence-electron chi connectivity index (χ3n) is 4.33. The number of ether oxygens (including phenoxy) is 2. The molecule has 0 bridgehead atoms. The number of thioether (sulfide) groups is 1. The van der Waals surface area contributed by atoms with E-state index in [4.69, 9.17) is 9.47 Å². The van der Waals surface area contributed by atoms with E-state index in [2.05, 4.69) is 44.7 Å². The summed E-state index contributed by atoms with van der Waals surface area (Å²) in [5, 5.41) is 12.0. The number of anilines is 1. The Labute approximate surface area is 199 Å². The second kappa shape index (κ2) is 11.2. The molecule has 0 aliphatic carbocycles. The molecule has 162 valence electrons. The number of amides is 1. The van der Waals surface area contributed by atoms with Crippen molar-refractivity contribution in [1.29, 1.82) is 0 Å². The lowest BCUT2D eigenvalue weighted by Gasteiger charge is -2.10. The van der Waals surface area contributed by atoms with Crippen LogP contribution in [0.1, 0.15) is 11.4 Å². The van der Waals surface area contributed by atoms with Gasteiger partial charge in [0.15, 0.2) is 11.0 Å². The van der Waals surface area contributed by atoms with Crippen molar-refractivity contribution in [1.82, 2.24) is 14.8 Å². The van der Waals surface area contributed by atoms with Crippen LogP contribution in [0.25, 0.3) is 0 Å². The highest BCUT2D eigenvalue weighted by atomic mass is 127. The van der Waals surface area contributed by atoms with Gasteiger partial charge in [-0.15, -0.1) is 16.8 Å². The van der Waals surface area contributed by atoms with E-state index in [1.165, 1.54) is 11.8 Å². The molecule has 0 fully saturated rings. The van der Waals surface area contributed by atoms with E-state index in [0.29, 0.717) is 23.3 Å². The van der Waals surface area contributed by atoms with E-state index >= 15 is 0 Å². The highest BCUT2D eigenvalue weighted by Crippen LogP contribution is 2.22. The third-order valence-corrected chi connectivity index (χ3v) is 5.97. The minimum Gasteiger partial charge on any atom is -0.497 e. The molecule has 31 heavy (non-hydrogen) atoms. The van der Waals surface area contributed by atoms with Crippen LogP contribution in [0.5, 0.6) is 11.5 Å². The van der Waals surface area contributed by atoms with Crippen molar-refractivity contribution in [3.8, 4) is 11.5 Å². The van der Waals surface area contributed by atoms with E-state index in [0.717, 1.165) is 20.6 Å². The summed E-state index contributed by atoms with van der Waals surface area (Å²) in [6.45, 7) is 6.55. The quantitative estimate of drug-likeness (QED) is 0.224. The first kappa shape index (κ1) is 23.1. The van der Waals surface area contributed by atoms with Crippen LogP contribution in [-0.2, 0) is 17.9 Å². The summed E-state index contributed by atoms with van der Waals surface area (Å²) in [4.78, 5) is 12.4. The number of hydrogen-bond donors (Lipinski definition) is 1. The molecule has 1 amide bonds. The lowest BCUT2D eigenvalue weighted by atomic mass is 10.2. The number of halogens is 1. The zero-order chi connectivity index (χ0) is 22.2. The summed E-state index contributed by atoms with van der Waals surface area (Å²) >= 11 is 3.58. The number of methoxy groups -OCH3 is 1. The molecule has 3 rings (SSSR count). The smallest absolute Gasteiger partial charge is 0.234 e. The fraction of sp³-hybridized carbons (Fsp3) is 0.227. The normalized spacial score (nSPS) is 10.5. The zero-order valence-electron chi connectivity index (χ0n) is 17.3. The van der Waals surface area contributed by atoms with Gasteiger partial charge in [-0.1, -0.05) is 17.8 Å². The fourth-order valence-corrected chi connectivity index (χ4v) is 4.16. The summed E-state index contributed by atoms with van der Waals surface area (Å²) in [7, 11) is 1.62. The molecular formula is C22H23IN4O3S. The third kappa shape index (κ3) is 6.47. The van der Waals surface area contributed by atoms with Gasteiger partial charge in [0.2, 0.25) is 5.91 Å². The molecule has 0 aliphatic rings. The molecule has 0 saturated heterocycles. The molecule has 0 aliphatic heterocycles. The summed E-state index contributed by atoms with van der Waals surface area (Å²) in [5.41, 5.74) is 1.84. The predicted octanol–water partition coefficient (Wildman–Crippen LogP) is 4.70. The van der Waals surface area contributed by atoms with Gasteiger partial charge in [-0.3, -0.25) is 9.36 Å². The molecule has 0 spiro atoms. The van der Waals surface area contributed by atoms with Gasteiger partial charge in [0.1, 0.15) is 18.1 Å². The lowest BCUT2D eigenvalue weighted by molar-refractivity contribution is -0.113. The lowest BCUT2D eigenvalue weighted by Crippen LogP contribution is -2.15. The number of hydrogen-bond acceptors (Lipinski definition) is 6. The van der Waals surface area contributed by atoms with Gasteiger partial charge < -0.3 is 14.8 Å². The maximum Gasteiger partial charge on any atom is 0.234 e. The molecule has 0 saturated carbocycles. The molecule has 0 atom stereocenters. The van der Waals surface area contributed by atoms with Crippen molar-refractivity contribution < 1.29 is 14.3 Å². The number of carbonyl (C=O) groups is 1. The van der Waals surface area contributed by atoms with Gasteiger partial charge >= 0.3 is 0 Å². The van der Waals surface area contributed by atoms with Gasteiger partial charge in [-0.2, -0.15) is 0 Å². The van der Waals surface area contributed by atoms with E-state index in [9.17, 15) is 4.79 Å². The maximum atomic E-state index is 12.4. The Kier molecular flexibility index (Phi) is 8.35. The van der Waals surface area contributed by atoms with Crippen LogP contribution in [-0.4, -0.2) is 33.5 Å². The Bertz CT molecular complexity index is 1050. The highest BCUT2D eigenvalue weighted by Gasteiger charge is 2.15. The largest absolute Gasteiger partial charge is 0.497 e. The Morgan fingerprint density at radius 3 is 2.65 bits per heavy atom. The molecule has 9 heteroatoms. The number of benzene rings is 2. The average Bonchev–Trinajstić information content (AvgIpc) is 3.15. The summed E-state index contributed by atoms with van der Waals surface area (Å²) in [6.07, 6.45) is 1.76. The first-order valence-electron chi connectivity index (χ1n) is 9.48. The molecule has 0 unspecified atom stereocenters. The van der Waals surface area contributed by atoms with Crippen LogP contribution in [0.2, 0.25) is 0 Å². The zero-order valence-corrected chi connectivity index (χ0v) is 20.3. The van der Waals surface area contributed by atoms with Crippen LogP contribution in [0.4, 0.5) is 5.69 Å². The van der Waals surface area contributed by atoms with Crippen LogP contribution in [0.3, 0.4) is 0 Å². The molecule has 0 radical (unpaired) electrons. The van der Waals surface area contributed by atoms with Crippen LogP contribution in [0.15, 0.2) is 60.3 Å². The van der Waals surface area contributed by atoms with Crippen molar-refractivity contribution in [2.24, 2.45) is 0 Å². The van der Waals surface area contributed by atoms with Gasteiger partial charge in [0, 0.05) is 15.8 Å². The standard InChI is InChI=1S/C22H23IN4O3S/c1-4-11-27-20(13-30-18-8-6-17(29-3)7-9-18)25-26-22(27)31-14-21(28)24-19-10-5-16(23)12-15(19)2/h4-10,12H,1,11,13-14H2,2-3H3,(H,24,28). The van der Waals surface area contributed by atoms with E-state index in [1.54, 1.807) is 13.2 Å². The van der Waals surface area contributed by atoms with Crippen molar-refractivity contribution in [2.75, 3.05) is 18.2 Å². The first-order chi connectivity index (χ1) is 15.0. The first-order valence-corrected chi connectivity index (χ1v) is 11.5. The summed E-state index contributed by atoms with van der Waals surface area (Å²) in [5.74, 6) is 2.25. The molecule has 3 aromatic rings. The molecule has 1 aromatic heterocycles. The van der Waals surface area contributed by atoms with Crippen LogP contribution < -0.4 is 14.8 Å². The maximum absolute atomic E-state index is 12.4. The Morgan fingerprint density at radius 1 is 1.23 bits per heavy atom. The van der Waals surface area contributed by atoms with E-state index in [1.807, 2.05) is 54.0 Å². The van der Waals surface area contributed by atoms with Crippen LogP contribution in [0, 0.1) is 10.5 Å². The number of aromatic nitrogens is 3. The van der Waals surface area contributed by atoms with Crippen molar-refractivity contribution >= 4 is 45.9 Å². The van der Waals surface area contributed by atoms with Crippen molar-refractivity contribution in [2.45, 2.75) is 25.2 Å². The molecule has 1 N–H and O–H groups in total. The minimum atomic E-state index is -0.0986. The van der Waals surface area contributed by atoms with Crippen molar-refractivity contribution in [3.63, 3.8) is 0 Å². The van der Waals surface area contributed by atoms with Crippen LogP contribution >= 0.6 is 34.4 Å². The Morgan fingerprint density at radius 2 is 1.97 bits per heavy atom. The second-order valence-electron chi connectivity index (χ2n) is 6.56. The topological polar surface area (TPSA) is 78.3 Å². The average molecular weight is 550 g/mol. The number of carbonyl (C=O) groups excluding carboxylic acids is 1. The van der Waals surface area contributed by atoms with Gasteiger partial charge in [0.05, 0.1) is 12.9 Å². The SMILES string of the molecule is C=CCn1c(COc2ccc(OC)cc2)nnc1SCC(=O)Nc1ccc(I)cc1C. The fourth-order valence-electron chi connectivity index (χ4n) is 2.75. The monoisotopic (exact) mass is 550 g/mol. The van der Waals surface area contributed by atoms with Gasteiger partial charge in [-0.25, -0.2) is 0 Å². The summed E-state index contributed by atoms with van der Waals surface area (Å²) < 4.78 is 14.0. The number of allylic oxidation sites excluding steroid dienone is 1. The van der Waals surface area contributed by atoms with Gasteiger partial charge in [-0.05, 0) is 77.5 Å². The highest BCUT2D eigenvalue weighted by molar-refractivity contribution is 14.1. The van der Waals surface area contributed by atoms with E-state index < -0.39 is 0 Å². The number of nitrogens with one attached hydrogen (secondary N) is 1. The molecule has 2 aromatic carbocycles. The number of aryl methyl sites for hydroxylation is 1. The molecular weight excluding hydrogens is 527 g/mol. The minimum absolute atomic E-state index is 0.0986. The van der Waals surface area contributed by atoms with Crippen molar-refractivity contribution in [3.05, 3.63) is 70.1 Å². The van der Waals surface area contributed by atoms with E-state index in [-0.39, 0.29) is 18.3 Å².